The fourth-order valence-electron chi connectivity index (χ4n) is 2.72. The summed E-state index contributed by atoms with van der Waals surface area (Å²) in [5.41, 5.74) is 1.64. The van der Waals surface area contributed by atoms with Gasteiger partial charge in [0.05, 0.1) is 11.8 Å². The number of hydrogen-bond acceptors (Lipinski definition) is 3. The Labute approximate surface area is 140 Å². The summed E-state index contributed by atoms with van der Waals surface area (Å²) >= 11 is 5.93. The molecule has 1 saturated heterocycles. The van der Waals surface area contributed by atoms with E-state index in [-0.39, 0.29) is 23.2 Å². The van der Waals surface area contributed by atoms with E-state index in [0.717, 1.165) is 12.0 Å². The van der Waals surface area contributed by atoms with Crippen LogP contribution < -0.4 is 10.6 Å². The lowest BCUT2D eigenvalue weighted by molar-refractivity contribution is 0.0911. The molecular weight excluding hydrogens is 314 g/mol. The molecule has 0 bridgehead atoms. The van der Waals surface area contributed by atoms with Gasteiger partial charge in [0.1, 0.15) is 0 Å². The van der Waals surface area contributed by atoms with Crippen LogP contribution in [0.4, 0.5) is 10.5 Å². The highest BCUT2D eigenvalue weighted by atomic mass is 35.5. The van der Waals surface area contributed by atoms with Crippen LogP contribution in [0.1, 0.15) is 18.1 Å². The van der Waals surface area contributed by atoms with Crippen LogP contribution in [0.5, 0.6) is 0 Å². The van der Waals surface area contributed by atoms with Crippen LogP contribution in [0.2, 0.25) is 5.15 Å². The fraction of sp³-hybridized carbons (Fsp3) is 0.294. The molecule has 1 aliphatic heterocycles. The molecule has 23 heavy (non-hydrogen) atoms. The van der Waals surface area contributed by atoms with E-state index in [0.29, 0.717) is 18.8 Å². The molecule has 1 aromatic carbocycles. The molecule has 1 fully saturated rings. The van der Waals surface area contributed by atoms with Gasteiger partial charge in [0.25, 0.3) is 0 Å². The summed E-state index contributed by atoms with van der Waals surface area (Å²) < 4.78 is 5.82. The second kappa shape index (κ2) is 7.44. The average molecular weight is 332 g/mol. The highest BCUT2D eigenvalue weighted by molar-refractivity contribution is 6.32. The molecule has 5 nitrogen and oxygen atoms in total. The van der Waals surface area contributed by atoms with Gasteiger partial charge >= 0.3 is 6.03 Å². The number of aromatic nitrogens is 1. The first kappa shape index (κ1) is 15.8. The molecule has 2 N–H and O–H groups in total. The van der Waals surface area contributed by atoms with Crippen LogP contribution in [-0.4, -0.2) is 24.2 Å². The topological polar surface area (TPSA) is 63.2 Å². The number of halogens is 1. The Balaban J connectivity index is 1.55. The number of carbonyl (C=O) groups is 1. The molecule has 6 heteroatoms. The lowest BCUT2D eigenvalue weighted by atomic mass is 9.95. The molecule has 120 valence electrons. The fourth-order valence-corrected chi connectivity index (χ4v) is 2.89. The maximum absolute atomic E-state index is 12.0. The minimum Gasteiger partial charge on any atom is -0.373 e. The molecular formula is C17H18ClN3O2. The number of urea groups is 1. The standard InChI is InChI=1S/C17H18ClN3O2/c18-16-14(7-4-9-19-16)21-17(22)20-11-13-8-10-23-15(13)12-5-2-1-3-6-12/h1-7,9,13,15H,8,10-11H2,(H2,20,21,22)/t13-,15-/m0/s1. The number of ether oxygens (including phenoxy) is 1. The largest absolute Gasteiger partial charge is 0.373 e. The first-order chi connectivity index (χ1) is 11.2. The second-order valence-corrected chi connectivity index (χ2v) is 5.79. The maximum atomic E-state index is 12.0. The minimum absolute atomic E-state index is 0.0264. The summed E-state index contributed by atoms with van der Waals surface area (Å²) in [5.74, 6) is 0.257. The molecule has 0 radical (unpaired) electrons. The molecule has 3 rings (SSSR count). The summed E-state index contributed by atoms with van der Waals surface area (Å²) in [4.78, 5) is 15.9. The highest BCUT2D eigenvalue weighted by Gasteiger charge is 2.29. The van der Waals surface area contributed by atoms with Gasteiger partial charge in [-0.15, -0.1) is 0 Å². The molecule has 2 atom stereocenters. The monoisotopic (exact) mass is 331 g/mol. The second-order valence-electron chi connectivity index (χ2n) is 5.43. The maximum Gasteiger partial charge on any atom is 0.319 e. The third kappa shape index (κ3) is 4.00. The number of nitrogens with one attached hydrogen (secondary N) is 2. The zero-order valence-electron chi connectivity index (χ0n) is 12.5. The Morgan fingerprint density at radius 2 is 2.09 bits per heavy atom. The van der Waals surface area contributed by atoms with E-state index in [1.807, 2.05) is 18.2 Å². The normalized spacial score (nSPS) is 20.2. The van der Waals surface area contributed by atoms with Crippen molar-refractivity contribution < 1.29 is 9.53 Å². The van der Waals surface area contributed by atoms with Gasteiger partial charge in [-0.2, -0.15) is 0 Å². The van der Waals surface area contributed by atoms with Crippen molar-refractivity contribution in [2.45, 2.75) is 12.5 Å². The van der Waals surface area contributed by atoms with Crippen molar-refractivity contribution in [3.63, 3.8) is 0 Å². The Morgan fingerprint density at radius 1 is 1.26 bits per heavy atom. The van der Waals surface area contributed by atoms with Crippen molar-refractivity contribution in [2.75, 3.05) is 18.5 Å². The molecule has 2 heterocycles. The summed E-state index contributed by atoms with van der Waals surface area (Å²) in [7, 11) is 0. The zero-order valence-corrected chi connectivity index (χ0v) is 13.3. The van der Waals surface area contributed by atoms with Crippen molar-refractivity contribution in [2.24, 2.45) is 5.92 Å². The number of benzene rings is 1. The van der Waals surface area contributed by atoms with E-state index in [1.165, 1.54) is 0 Å². The Kier molecular flexibility index (Phi) is 5.10. The van der Waals surface area contributed by atoms with Crippen LogP contribution in [0.25, 0.3) is 0 Å². The number of nitrogens with zero attached hydrogens (tertiary/aromatic N) is 1. The number of amides is 2. The lowest BCUT2D eigenvalue weighted by Gasteiger charge is -2.19. The van der Waals surface area contributed by atoms with Gasteiger partial charge in [0.15, 0.2) is 5.15 Å². The molecule has 1 aromatic heterocycles. The van der Waals surface area contributed by atoms with Gasteiger partial charge in [0, 0.05) is 25.3 Å². The number of pyridine rings is 1. The van der Waals surface area contributed by atoms with Gasteiger partial charge in [-0.3, -0.25) is 0 Å². The Morgan fingerprint density at radius 3 is 2.87 bits per heavy atom. The quantitative estimate of drug-likeness (QED) is 0.841. The highest BCUT2D eigenvalue weighted by Crippen LogP contribution is 2.33. The van der Waals surface area contributed by atoms with Crippen molar-refractivity contribution in [1.29, 1.82) is 0 Å². The molecule has 0 spiro atoms. The van der Waals surface area contributed by atoms with E-state index < -0.39 is 0 Å². The number of hydrogen-bond donors (Lipinski definition) is 2. The van der Waals surface area contributed by atoms with E-state index in [1.54, 1.807) is 18.3 Å². The molecule has 0 aliphatic carbocycles. The van der Waals surface area contributed by atoms with Gasteiger partial charge in [0.2, 0.25) is 0 Å². The molecule has 0 unspecified atom stereocenters. The van der Waals surface area contributed by atoms with E-state index >= 15 is 0 Å². The third-order valence-electron chi connectivity index (χ3n) is 3.87. The van der Waals surface area contributed by atoms with E-state index in [2.05, 4.69) is 27.8 Å². The first-order valence-electron chi connectivity index (χ1n) is 7.56. The van der Waals surface area contributed by atoms with Gasteiger partial charge in [-0.05, 0) is 24.1 Å². The Bertz CT molecular complexity index is 666. The number of carbonyl (C=O) groups excluding carboxylic acids is 1. The number of anilines is 1. The molecule has 2 amide bonds. The minimum atomic E-state index is -0.293. The van der Waals surface area contributed by atoms with Crippen LogP contribution >= 0.6 is 11.6 Å². The SMILES string of the molecule is O=C(NC[C@@H]1CCO[C@H]1c1ccccc1)Nc1cccnc1Cl. The zero-order chi connectivity index (χ0) is 16.1. The van der Waals surface area contributed by atoms with Gasteiger partial charge < -0.3 is 15.4 Å². The van der Waals surface area contributed by atoms with Crippen LogP contribution in [0, 0.1) is 5.92 Å². The molecule has 2 aromatic rings. The van der Waals surface area contributed by atoms with Crippen molar-refractivity contribution in [3.8, 4) is 0 Å². The summed E-state index contributed by atoms with van der Waals surface area (Å²) in [5, 5.41) is 5.86. The van der Waals surface area contributed by atoms with Crippen LogP contribution in [0.15, 0.2) is 48.7 Å². The number of rotatable bonds is 4. The summed E-state index contributed by atoms with van der Waals surface area (Å²) in [6.45, 7) is 1.26. The summed E-state index contributed by atoms with van der Waals surface area (Å²) in [6, 6.07) is 13.2. The van der Waals surface area contributed by atoms with E-state index in [9.17, 15) is 4.79 Å². The summed E-state index contributed by atoms with van der Waals surface area (Å²) in [6.07, 6.45) is 2.53. The molecule has 0 saturated carbocycles. The van der Waals surface area contributed by atoms with Crippen LogP contribution in [0.3, 0.4) is 0 Å². The average Bonchev–Trinajstić information content (AvgIpc) is 3.04. The smallest absolute Gasteiger partial charge is 0.319 e. The van der Waals surface area contributed by atoms with Crippen molar-refractivity contribution in [1.82, 2.24) is 10.3 Å². The van der Waals surface area contributed by atoms with Crippen molar-refractivity contribution in [3.05, 3.63) is 59.4 Å². The van der Waals surface area contributed by atoms with Gasteiger partial charge in [-0.1, -0.05) is 41.9 Å². The van der Waals surface area contributed by atoms with Crippen LogP contribution in [-0.2, 0) is 4.74 Å². The van der Waals surface area contributed by atoms with Gasteiger partial charge in [-0.25, -0.2) is 9.78 Å². The first-order valence-corrected chi connectivity index (χ1v) is 7.94. The predicted molar refractivity (Wildman–Crippen MR) is 89.5 cm³/mol. The molecule has 1 aliphatic rings. The lowest BCUT2D eigenvalue weighted by Crippen LogP contribution is -2.34. The predicted octanol–water partition coefficient (Wildman–Crippen LogP) is 3.63. The van der Waals surface area contributed by atoms with Crippen molar-refractivity contribution >= 4 is 23.3 Å². The third-order valence-corrected chi connectivity index (χ3v) is 4.18. The Hall–Kier alpha value is -2.11. The van der Waals surface area contributed by atoms with E-state index in [4.69, 9.17) is 16.3 Å².